The lowest BCUT2D eigenvalue weighted by atomic mass is 10.1. The van der Waals surface area contributed by atoms with Gasteiger partial charge in [-0.3, -0.25) is 14.5 Å². The maximum Gasteiger partial charge on any atom is 0.258 e. The number of piperidine rings is 1. The third-order valence-corrected chi connectivity index (χ3v) is 4.06. The number of halogens is 1. The van der Waals surface area contributed by atoms with Gasteiger partial charge in [0.2, 0.25) is 5.91 Å². The molecule has 0 radical (unpaired) electrons. The molecule has 1 fully saturated rings. The highest BCUT2D eigenvalue weighted by molar-refractivity contribution is 6.30. The van der Waals surface area contributed by atoms with E-state index in [0.717, 1.165) is 31.5 Å². The minimum absolute atomic E-state index is 0.0238. The normalized spacial score (nSPS) is 16.1. The quantitative estimate of drug-likeness (QED) is 0.812. The van der Waals surface area contributed by atoms with Crippen LogP contribution < -0.4 is 15.8 Å². The van der Waals surface area contributed by atoms with Crippen LogP contribution in [0.1, 0.15) is 18.4 Å². The van der Waals surface area contributed by atoms with Crippen LogP contribution in [0.3, 0.4) is 0 Å². The fourth-order valence-corrected chi connectivity index (χ4v) is 2.87. The summed E-state index contributed by atoms with van der Waals surface area (Å²) >= 11 is 5.88. The maximum absolute atomic E-state index is 12.0. The second-order valence-corrected chi connectivity index (χ2v) is 6.22. The molecule has 0 unspecified atom stereocenters. The SMILES string of the molecule is Cc1cc(Cl)ccc1OCC(=O)NC1CCN(CC(N)=O)CC1. The standard InChI is InChI=1S/C16H22ClN3O3/c1-11-8-12(17)2-3-14(11)23-10-16(22)19-13-4-6-20(7-5-13)9-15(18)21/h2-3,8,13H,4-7,9-10H2,1H3,(H2,18,21)(H,19,22). The van der Waals surface area contributed by atoms with Gasteiger partial charge in [0.15, 0.2) is 6.61 Å². The zero-order valence-corrected chi connectivity index (χ0v) is 13.9. The summed E-state index contributed by atoms with van der Waals surface area (Å²) in [6.45, 7) is 3.65. The summed E-state index contributed by atoms with van der Waals surface area (Å²) < 4.78 is 5.53. The number of hydrogen-bond donors (Lipinski definition) is 2. The molecule has 7 heteroatoms. The van der Waals surface area contributed by atoms with Gasteiger partial charge in [-0.1, -0.05) is 11.6 Å². The molecule has 1 aliphatic heterocycles. The van der Waals surface area contributed by atoms with Gasteiger partial charge in [0, 0.05) is 24.2 Å². The molecule has 0 bridgehead atoms. The number of carbonyl (C=O) groups is 2. The monoisotopic (exact) mass is 339 g/mol. The number of nitrogens with zero attached hydrogens (tertiary/aromatic N) is 1. The van der Waals surface area contributed by atoms with Crippen molar-refractivity contribution >= 4 is 23.4 Å². The van der Waals surface area contributed by atoms with E-state index in [0.29, 0.717) is 10.8 Å². The topological polar surface area (TPSA) is 84.7 Å². The Morgan fingerprint density at radius 2 is 2.09 bits per heavy atom. The zero-order valence-electron chi connectivity index (χ0n) is 13.2. The van der Waals surface area contributed by atoms with Crippen LogP contribution in [0.5, 0.6) is 5.75 Å². The number of hydrogen-bond acceptors (Lipinski definition) is 4. The fourth-order valence-electron chi connectivity index (χ4n) is 2.64. The van der Waals surface area contributed by atoms with Crippen LogP contribution in [0.25, 0.3) is 0 Å². The van der Waals surface area contributed by atoms with Crippen LogP contribution in [0.4, 0.5) is 0 Å². The smallest absolute Gasteiger partial charge is 0.258 e. The summed E-state index contributed by atoms with van der Waals surface area (Å²) in [7, 11) is 0. The van der Waals surface area contributed by atoms with Crippen molar-refractivity contribution in [2.75, 3.05) is 26.2 Å². The molecule has 126 valence electrons. The van der Waals surface area contributed by atoms with Crippen molar-refractivity contribution in [1.29, 1.82) is 0 Å². The lowest BCUT2D eigenvalue weighted by molar-refractivity contribution is -0.124. The number of rotatable bonds is 6. The average molecular weight is 340 g/mol. The summed E-state index contributed by atoms with van der Waals surface area (Å²) in [5.74, 6) is 0.188. The molecule has 0 aliphatic carbocycles. The summed E-state index contributed by atoms with van der Waals surface area (Å²) in [4.78, 5) is 24.9. The van der Waals surface area contributed by atoms with Crippen molar-refractivity contribution in [3.8, 4) is 5.75 Å². The molecule has 1 aromatic rings. The van der Waals surface area contributed by atoms with Gasteiger partial charge in [0.05, 0.1) is 6.54 Å². The Morgan fingerprint density at radius 1 is 1.39 bits per heavy atom. The molecule has 1 aliphatic rings. The number of likely N-dealkylation sites (tertiary alicyclic amines) is 1. The summed E-state index contributed by atoms with van der Waals surface area (Å²) in [6, 6.07) is 5.40. The Hall–Kier alpha value is -1.79. The molecule has 1 aromatic carbocycles. The first-order valence-electron chi connectivity index (χ1n) is 7.63. The van der Waals surface area contributed by atoms with Gasteiger partial charge in [-0.15, -0.1) is 0 Å². The Kier molecular flexibility index (Phi) is 6.24. The van der Waals surface area contributed by atoms with E-state index in [9.17, 15) is 9.59 Å². The fraction of sp³-hybridized carbons (Fsp3) is 0.500. The predicted octanol–water partition coefficient (Wildman–Crippen LogP) is 1.09. The second-order valence-electron chi connectivity index (χ2n) is 5.78. The van der Waals surface area contributed by atoms with E-state index >= 15 is 0 Å². The van der Waals surface area contributed by atoms with Crippen molar-refractivity contribution < 1.29 is 14.3 Å². The number of nitrogens with two attached hydrogens (primary N) is 1. The zero-order chi connectivity index (χ0) is 16.8. The van der Waals surface area contributed by atoms with E-state index in [1.165, 1.54) is 0 Å². The van der Waals surface area contributed by atoms with Gasteiger partial charge in [0.25, 0.3) is 5.91 Å². The lowest BCUT2D eigenvalue weighted by Crippen LogP contribution is -2.47. The van der Waals surface area contributed by atoms with Crippen LogP contribution in [-0.2, 0) is 9.59 Å². The first-order valence-corrected chi connectivity index (χ1v) is 8.01. The van der Waals surface area contributed by atoms with E-state index in [4.69, 9.17) is 22.1 Å². The largest absolute Gasteiger partial charge is 0.484 e. The molecule has 2 rings (SSSR count). The van der Waals surface area contributed by atoms with Gasteiger partial charge < -0.3 is 15.8 Å². The van der Waals surface area contributed by atoms with E-state index < -0.39 is 0 Å². The molecular formula is C16H22ClN3O3. The Morgan fingerprint density at radius 3 is 2.70 bits per heavy atom. The molecule has 0 spiro atoms. The molecule has 1 saturated heterocycles. The number of amides is 2. The van der Waals surface area contributed by atoms with Gasteiger partial charge >= 0.3 is 0 Å². The number of nitrogens with one attached hydrogen (secondary N) is 1. The van der Waals surface area contributed by atoms with Crippen LogP contribution in [0.15, 0.2) is 18.2 Å². The third kappa shape index (κ3) is 5.73. The number of primary amides is 1. The molecular weight excluding hydrogens is 318 g/mol. The molecule has 3 N–H and O–H groups in total. The third-order valence-electron chi connectivity index (χ3n) is 3.83. The van der Waals surface area contributed by atoms with E-state index in [1.54, 1.807) is 18.2 Å². The van der Waals surface area contributed by atoms with Crippen molar-refractivity contribution in [1.82, 2.24) is 10.2 Å². The highest BCUT2D eigenvalue weighted by atomic mass is 35.5. The molecule has 23 heavy (non-hydrogen) atoms. The Labute approximate surface area is 140 Å². The van der Waals surface area contributed by atoms with Crippen molar-refractivity contribution in [3.05, 3.63) is 28.8 Å². The van der Waals surface area contributed by atoms with Crippen LogP contribution in [0.2, 0.25) is 5.02 Å². The molecule has 6 nitrogen and oxygen atoms in total. The predicted molar refractivity (Wildman–Crippen MR) is 88.5 cm³/mol. The van der Waals surface area contributed by atoms with E-state index in [2.05, 4.69) is 5.32 Å². The lowest BCUT2D eigenvalue weighted by Gasteiger charge is -2.31. The summed E-state index contributed by atoms with van der Waals surface area (Å²) in [6.07, 6.45) is 1.61. The maximum atomic E-state index is 12.0. The highest BCUT2D eigenvalue weighted by Gasteiger charge is 2.21. The molecule has 2 amide bonds. The Balaban J connectivity index is 1.72. The van der Waals surface area contributed by atoms with E-state index in [-0.39, 0.29) is 31.0 Å². The van der Waals surface area contributed by atoms with E-state index in [1.807, 2.05) is 11.8 Å². The van der Waals surface area contributed by atoms with Crippen molar-refractivity contribution in [2.45, 2.75) is 25.8 Å². The molecule has 0 saturated carbocycles. The average Bonchev–Trinajstić information content (AvgIpc) is 2.48. The first-order chi connectivity index (χ1) is 10.9. The van der Waals surface area contributed by atoms with Gasteiger partial charge in [-0.2, -0.15) is 0 Å². The van der Waals surface area contributed by atoms with Gasteiger partial charge in [-0.05, 0) is 43.5 Å². The van der Waals surface area contributed by atoms with Crippen molar-refractivity contribution in [3.63, 3.8) is 0 Å². The Bertz CT molecular complexity index is 572. The number of benzene rings is 1. The van der Waals surface area contributed by atoms with Gasteiger partial charge in [0.1, 0.15) is 5.75 Å². The molecule has 0 atom stereocenters. The van der Waals surface area contributed by atoms with Crippen LogP contribution in [-0.4, -0.2) is 49.0 Å². The number of carbonyl (C=O) groups excluding carboxylic acids is 2. The first kappa shape index (κ1) is 17.6. The minimum atomic E-state index is -0.320. The molecule has 0 aromatic heterocycles. The summed E-state index contributed by atoms with van der Waals surface area (Å²) in [5.41, 5.74) is 6.07. The minimum Gasteiger partial charge on any atom is -0.484 e. The van der Waals surface area contributed by atoms with Crippen LogP contribution in [0, 0.1) is 6.92 Å². The van der Waals surface area contributed by atoms with Crippen LogP contribution >= 0.6 is 11.6 Å². The number of aryl methyl sites for hydroxylation is 1. The summed E-state index contributed by atoms with van der Waals surface area (Å²) in [5, 5.41) is 3.60. The second kappa shape index (κ2) is 8.17. The van der Waals surface area contributed by atoms with Gasteiger partial charge in [-0.25, -0.2) is 0 Å². The highest BCUT2D eigenvalue weighted by Crippen LogP contribution is 2.21. The number of ether oxygens (including phenoxy) is 1. The molecule has 1 heterocycles. The van der Waals surface area contributed by atoms with Crippen molar-refractivity contribution in [2.24, 2.45) is 5.73 Å².